The number of para-hydroxylation sites is 1. The van der Waals surface area contributed by atoms with Crippen LogP contribution in [0.1, 0.15) is 11.1 Å². The van der Waals surface area contributed by atoms with Crippen molar-refractivity contribution in [3.8, 4) is 5.75 Å². The largest absolute Gasteiger partial charge is 0.464 e. The SMILES string of the molecule is COC(=O)C1=NOc2ccc3cc(Br)ccc3c2C12Cc1ccccc1N2. The van der Waals surface area contributed by atoms with Gasteiger partial charge in [-0.15, -0.1) is 0 Å². The molecular formula is C21H15BrN2O3. The lowest BCUT2D eigenvalue weighted by atomic mass is 9.79. The molecule has 2 aliphatic heterocycles. The molecule has 0 aliphatic carbocycles. The van der Waals surface area contributed by atoms with Crippen molar-refractivity contribution in [2.75, 3.05) is 12.4 Å². The van der Waals surface area contributed by atoms with E-state index in [-0.39, 0.29) is 5.71 Å². The number of methoxy groups -OCH3 is 1. The Kier molecular flexibility index (Phi) is 3.52. The average Bonchev–Trinajstić information content (AvgIpc) is 3.06. The molecule has 1 N–H and O–H groups in total. The van der Waals surface area contributed by atoms with Crippen LogP contribution in [0.4, 0.5) is 5.69 Å². The number of fused-ring (bicyclic) bond motifs is 5. The fraction of sp³-hybridized carbons (Fsp3) is 0.143. The molecule has 2 heterocycles. The van der Waals surface area contributed by atoms with Crippen LogP contribution in [0.2, 0.25) is 0 Å². The van der Waals surface area contributed by atoms with Crippen LogP contribution in [0.5, 0.6) is 5.75 Å². The molecule has 1 atom stereocenters. The number of nitrogens with zero attached hydrogens (tertiary/aromatic N) is 1. The Morgan fingerprint density at radius 2 is 2.07 bits per heavy atom. The number of ether oxygens (including phenoxy) is 1. The van der Waals surface area contributed by atoms with Gasteiger partial charge in [0.15, 0.2) is 11.5 Å². The molecule has 27 heavy (non-hydrogen) atoms. The summed E-state index contributed by atoms with van der Waals surface area (Å²) in [6.07, 6.45) is 0.586. The number of carbonyl (C=O) groups is 1. The van der Waals surface area contributed by atoms with Gasteiger partial charge in [-0.3, -0.25) is 0 Å². The summed E-state index contributed by atoms with van der Waals surface area (Å²) in [5.41, 5.74) is 2.40. The second kappa shape index (κ2) is 5.82. The molecule has 6 heteroatoms. The van der Waals surface area contributed by atoms with Crippen LogP contribution in [-0.2, 0) is 21.5 Å². The van der Waals surface area contributed by atoms with Crippen LogP contribution in [0.3, 0.4) is 0 Å². The first-order valence-corrected chi connectivity index (χ1v) is 9.34. The number of hydrogen-bond donors (Lipinski definition) is 1. The lowest BCUT2D eigenvalue weighted by Crippen LogP contribution is -2.48. The molecule has 1 unspecified atom stereocenters. The average molecular weight is 423 g/mol. The zero-order valence-electron chi connectivity index (χ0n) is 14.5. The third kappa shape index (κ3) is 2.29. The fourth-order valence-electron chi connectivity index (χ4n) is 4.05. The maximum atomic E-state index is 12.6. The summed E-state index contributed by atoms with van der Waals surface area (Å²) >= 11 is 3.53. The smallest absolute Gasteiger partial charge is 0.358 e. The monoisotopic (exact) mass is 422 g/mol. The summed E-state index contributed by atoms with van der Waals surface area (Å²) in [5, 5.41) is 9.77. The van der Waals surface area contributed by atoms with E-state index in [1.54, 1.807) is 0 Å². The first-order chi connectivity index (χ1) is 13.1. The topological polar surface area (TPSA) is 59.9 Å². The van der Waals surface area contributed by atoms with Crippen molar-refractivity contribution in [3.05, 3.63) is 70.2 Å². The van der Waals surface area contributed by atoms with Gasteiger partial charge >= 0.3 is 5.97 Å². The van der Waals surface area contributed by atoms with Crippen molar-refractivity contribution in [2.45, 2.75) is 12.0 Å². The summed E-state index contributed by atoms with van der Waals surface area (Å²) in [6.45, 7) is 0. The van der Waals surface area contributed by atoms with Gasteiger partial charge in [0, 0.05) is 22.1 Å². The van der Waals surface area contributed by atoms with Crippen molar-refractivity contribution in [1.82, 2.24) is 0 Å². The van der Waals surface area contributed by atoms with E-state index in [1.807, 2.05) is 42.5 Å². The number of carbonyl (C=O) groups excluding carboxylic acids is 1. The van der Waals surface area contributed by atoms with Crippen LogP contribution >= 0.6 is 15.9 Å². The third-order valence-corrected chi connectivity index (χ3v) is 5.70. The van der Waals surface area contributed by atoms with E-state index >= 15 is 0 Å². The van der Waals surface area contributed by atoms with Gasteiger partial charge in [0.1, 0.15) is 5.54 Å². The van der Waals surface area contributed by atoms with E-state index < -0.39 is 11.5 Å². The summed E-state index contributed by atoms with van der Waals surface area (Å²) in [5.74, 6) is 0.132. The van der Waals surface area contributed by atoms with Crippen LogP contribution in [0.25, 0.3) is 10.8 Å². The highest BCUT2D eigenvalue weighted by atomic mass is 79.9. The Morgan fingerprint density at radius 3 is 2.89 bits per heavy atom. The van der Waals surface area contributed by atoms with Gasteiger partial charge in [0.2, 0.25) is 0 Å². The molecule has 5 nitrogen and oxygen atoms in total. The minimum absolute atomic E-state index is 0.226. The van der Waals surface area contributed by atoms with Gasteiger partial charge in [0.05, 0.1) is 7.11 Å². The Balaban J connectivity index is 1.82. The van der Waals surface area contributed by atoms with E-state index in [9.17, 15) is 4.79 Å². The number of anilines is 1. The molecule has 3 aromatic rings. The lowest BCUT2D eigenvalue weighted by Gasteiger charge is -2.35. The summed E-state index contributed by atoms with van der Waals surface area (Å²) in [6, 6.07) is 18.0. The van der Waals surface area contributed by atoms with Crippen LogP contribution in [-0.4, -0.2) is 18.8 Å². The summed E-state index contributed by atoms with van der Waals surface area (Å²) in [7, 11) is 1.36. The molecule has 1 spiro atoms. The van der Waals surface area contributed by atoms with Crippen molar-refractivity contribution in [3.63, 3.8) is 0 Å². The first kappa shape index (κ1) is 16.3. The summed E-state index contributed by atoms with van der Waals surface area (Å²) < 4.78 is 6.02. The van der Waals surface area contributed by atoms with Gasteiger partial charge in [-0.25, -0.2) is 4.79 Å². The van der Waals surface area contributed by atoms with Gasteiger partial charge in [-0.1, -0.05) is 51.4 Å². The van der Waals surface area contributed by atoms with Crippen LogP contribution < -0.4 is 10.2 Å². The molecule has 0 bridgehead atoms. The Bertz CT molecular complexity index is 1110. The molecule has 0 saturated heterocycles. The van der Waals surface area contributed by atoms with Crippen molar-refractivity contribution in [1.29, 1.82) is 0 Å². The van der Waals surface area contributed by atoms with E-state index in [4.69, 9.17) is 9.57 Å². The molecule has 0 radical (unpaired) electrons. The number of benzene rings is 3. The molecule has 0 aromatic heterocycles. The molecular weight excluding hydrogens is 408 g/mol. The lowest BCUT2D eigenvalue weighted by molar-refractivity contribution is -0.133. The quantitative estimate of drug-likeness (QED) is 0.590. The molecule has 0 fully saturated rings. The van der Waals surface area contributed by atoms with Gasteiger partial charge in [-0.2, -0.15) is 0 Å². The maximum absolute atomic E-state index is 12.6. The van der Waals surface area contributed by atoms with Crippen molar-refractivity contribution in [2.24, 2.45) is 5.16 Å². The predicted molar refractivity (Wildman–Crippen MR) is 107 cm³/mol. The van der Waals surface area contributed by atoms with Gasteiger partial charge in [0.25, 0.3) is 0 Å². The fourth-order valence-corrected chi connectivity index (χ4v) is 4.43. The normalized spacial score (nSPS) is 19.7. The highest BCUT2D eigenvalue weighted by molar-refractivity contribution is 9.10. The second-order valence-electron chi connectivity index (χ2n) is 6.69. The number of rotatable bonds is 1. The molecule has 0 saturated carbocycles. The Morgan fingerprint density at radius 1 is 1.22 bits per heavy atom. The molecule has 5 rings (SSSR count). The minimum Gasteiger partial charge on any atom is -0.464 e. The number of oxime groups is 1. The van der Waals surface area contributed by atoms with Crippen LogP contribution in [0, 0.1) is 0 Å². The van der Waals surface area contributed by atoms with E-state index in [0.717, 1.165) is 32.1 Å². The maximum Gasteiger partial charge on any atom is 0.358 e. The molecule has 134 valence electrons. The van der Waals surface area contributed by atoms with Crippen LogP contribution in [0.15, 0.2) is 64.2 Å². The van der Waals surface area contributed by atoms with Crippen molar-refractivity contribution >= 4 is 44.1 Å². The predicted octanol–water partition coefficient (Wildman–Crippen LogP) is 4.39. The zero-order chi connectivity index (χ0) is 18.6. The number of halogens is 1. The molecule has 2 aliphatic rings. The highest BCUT2D eigenvalue weighted by Crippen LogP contribution is 2.48. The number of esters is 1. The van der Waals surface area contributed by atoms with Crippen molar-refractivity contribution < 1.29 is 14.4 Å². The van der Waals surface area contributed by atoms with Gasteiger partial charge < -0.3 is 14.9 Å². The standard InChI is InChI=1S/C21H15BrN2O3/c1-26-20(25)19-21(11-13-4-2-3-5-16(13)23-21)18-15-8-7-14(22)10-12(15)6-9-17(18)27-24-19/h2-10,23H,11H2,1H3. The van der Waals surface area contributed by atoms with E-state index in [1.165, 1.54) is 7.11 Å². The minimum atomic E-state index is -0.836. The molecule has 0 amide bonds. The number of nitrogens with one attached hydrogen (secondary N) is 1. The Labute approximate surface area is 164 Å². The highest BCUT2D eigenvalue weighted by Gasteiger charge is 2.51. The van der Waals surface area contributed by atoms with Gasteiger partial charge in [-0.05, 0) is 40.6 Å². The molecule has 3 aromatic carbocycles. The first-order valence-electron chi connectivity index (χ1n) is 8.55. The second-order valence-corrected chi connectivity index (χ2v) is 7.61. The Hall–Kier alpha value is -2.86. The van der Waals surface area contributed by atoms with E-state index in [0.29, 0.717) is 12.2 Å². The summed E-state index contributed by atoms with van der Waals surface area (Å²) in [4.78, 5) is 18.2. The zero-order valence-corrected chi connectivity index (χ0v) is 16.0. The number of hydrogen-bond acceptors (Lipinski definition) is 5. The third-order valence-electron chi connectivity index (χ3n) is 5.21. The van der Waals surface area contributed by atoms with E-state index in [2.05, 4.69) is 38.5 Å².